The van der Waals surface area contributed by atoms with E-state index in [4.69, 9.17) is 5.73 Å². The van der Waals surface area contributed by atoms with Crippen molar-refractivity contribution in [3.8, 4) is 0 Å². The number of aromatic nitrogens is 1. The standard InChI is InChI=1S/C21H32N4O2/c1-23-21(27)18-15-25-19-11-10-16(14-17(19)20(18)26)24-13-9-7-5-3-2-4-6-8-12-22/h10-11,14-15,24H,2-9,12-13,22H2,1H3,(H,23,27)(H,25,26). The third kappa shape index (κ3) is 6.40. The number of hydrogen-bond donors (Lipinski definition) is 4. The lowest BCUT2D eigenvalue weighted by molar-refractivity contribution is 0.0962. The molecule has 0 unspecified atom stereocenters. The minimum atomic E-state index is -0.375. The van der Waals surface area contributed by atoms with Crippen LogP contribution in [0.4, 0.5) is 5.69 Å². The van der Waals surface area contributed by atoms with E-state index in [1.54, 1.807) is 0 Å². The SMILES string of the molecule is CNC(=O)c1c[nH]c2ccc(NCCCCCCCCCCN)cc2c1=O. The summed E-state index contributed by atoms with van der Waals surface area (Å²) >= 11 is 0. The lowest BCUT2D eigenvalue weighted by Crippen LogP contribution is -2.25. The fourth-order valence-electron chi connectivity index (χ4n) is 3.19. The van der Waals surface area contributed by atoms with E-state index in [9.17, 15) is 9.59 Å². The van der Waals surface area contributed by atoms with Gasteiger partial charge in [-0.1, -0.05) is 38.5 Å². The number of rotatable bonds is 12. The first-order chi connectivity index (χ1) is 13.2. The summed E-state index contributed by atoms with van der Waals surface area (Å²) in [5.41, 5.74) is 7.01. The molecule has 0 spiro atoms. The highest BCUT2D eigenvalue weighted by Crippen LogP contribution is 2.16. The summed E-state index contributed by atoms with van der Waals surface area (Å²) in [6.07, 6.45) is 11.3. The molecule has 1 aromatic heterocycles. The first kappa shape index (κ1) is 21.0. The van der Waals surface area contributed by atoms with Crippen LogP contribution in [-0.2, 0) is 0 Å². The number of carbonyl (C=O) groups is 1. The lowest BCUT2D eigenvalue weighted by atomic mass is 10.1. The predicted molar refractivity (Wildman–Crippen MR) is 112 cm³/mol. The summed E-state index contributed by atoms with van der Waals surface area (Å²) in [5, 5.41) is 6.40. The first-order valence-electron chi connectivity index (χ1n) is 9.99. The largest absolute Gasteiger partial charge is 0.385 e. The number of unbranched alkanes of at least 4 members (excludes halogenated alkanes) is 7. The van der Waals surface area contributed by atoms with Crippen LogP contribution in [0.2, 0.25) is 0 Å². The van der Waals surface area contributed by atoms with E-state index in [-0.39, 0.29) is 16.9 Å². The average molecular weight is 373 g/mol. The molecule has 6 heteroatoms. The van der Waals surface area contributed by atoms with Gasteiger partial charge in [-0.05, 0) is 37.6 Å². The summed E-state index contributed by atoms with van der Waals surface area (Å²) < 4.78 is 0. The smallest absolute Gasteiger partial charge is 0.256 e. The zero-order valence-electron chi connectivity index (χ0n) is 16.3. The Hall–Kier alpha value is -2.34. The maximum Gasteiger partial charge on any atom is 0.256 e. The minimum absolute atomic E-state index is 0.133. The lowest BCUT2D eigenvalue weighted by Gasteiger charge is -2.08. The number of pyridine rings is 1. The summed E-state index contributed by atoms with van der Waals surface area (Å²) in [6, 6.07) is 5.64. The van der Waals surface area contributed by atoms with Crippen LogP contribution in [0.1, 0.15) is 61.7 Å². The molecule has 6 nitrogen and oxygen atoms in total. The van der Waals surface area contributed by atoms with E-state index < -0.39 is 0 Å². The molecule has 0 fully saturated rings. The Bertz CT molecular complexity index is 785. The van der Waals surface area contributed by atoms with E-state index >= 15 is 0 Å². The number of aromatic amines is 1. The Balaban J connectivity index is 1.79. The molecule has 0 aliphatic rings. The maximum absolute atomic E-state index is 12.5. The summed E-state index contributed by atoms with van der Waals surface area (Å²) in [6.45, 7) is 1.69. The fourth-order valence-corrected chi connectivity index (χ4v) is 3.19. The number of nitrogens with two attached hydrogens (primary N) is 1. The summed E-state index contributed by atoms with van der Waals surface area (Å²) in [4.78, 5) is 27.3. The van der Waals surface area contributed by atoms with Crippen molar-refractivity contribution >= 4 is 22.5 Å². The van der Waals surface area contributed by atoms with Crippen LogP contribution in [0.5, 0.6) is 0 Å². The van der Waals surface area contributed by atoms with Gasteiger partial charge in [0, 0.05) is 36.4 Å². The molecule has 5 N–H and O–H groups in total. The highest BCUT2D eigenvalue weighted by Gasteiger charge is 2.11. The molecule has 0 bridgehead atoms. The van der Waals surface area contributed by atoms with Crippen LogP contribution in [0.25, 0.3) is 10.9 Å². The van der Waals surface area contributed by atoms with E-state index in [1.807, 2.05) is 18.2 Å². The van der Waals surface area contributed by atoms with E-state index in [2.05, 4.69) is 15.6 Å². The number of H-pyrrole nitrogens is 1. The molecule has 0 saturated heterocycles. The highest BCUT2D eigenvalue weighted by molar-refractivity contribution is 5.97. The predicted octanol–water partition coefficient (Wildman–Crippen LogP) is 3.38. The molecular formula is C21H32N4O2. The van der Waals surface area contributed by atoms with Gasteiger partial charge < -0.3 is 21.4 Å². The first-order valence-corrected chi connectivity index (χ1v) is 9.99. The van der Waals surface area contributed by atoms with E-state index in [1.165, 1.54) is 51.8 Å². The van der Waals surface area contributed by atoms with E-state index in [0.717, 1.165) is 37.1 Å². The van der Waals surface area contributed by atoms with Crippen molar-refractivity contribution in [2.24, 2.45) is 5.73 Å². The quantitative estimate of drug-likeness (QED) is 0.429. The van der Waals surface area contributed by atoms with Crippen LogP contribution in [0, 0.1) is 0 Å². The van der Waals surface area contributed by atoms with Crippen molar-refractivity contribution in [2.45, 2.75) is 51.4 Å². The Kier molecular flexibility index (Phi) is 8.84. The monoisotopic (exact) mass is 372 g/mol. The van der Waals surface area contributed by atoms with Gasteiger partial charge >= 0.3 is 0 Å². The molecule has 1 amide bonds. The van der Waals surface area contributed by atoms with Crippen LogP contribution in [0.15, 0.2) is 29.2 Å². The van der Waals surface area contributed by atoms with Gasteiger partial charge in [-0.15, -0.1) is 0 Å². The molecule has 0 aliphatic carbocycles. The van der Waals surface area contributed by atoms with Gasteiger partial charge in [-0.2, -0.15) is 0 Å². The summed E-state index contributed by atoms with van der Waals surface area (Å²) in [7, 11) is 1.52. The van der Waals surface area contributed by atoms with Gasteiger partial charge in [-0.25, -0.2) is 0 Å². The van der Waals surface area contributed by atoms with Crippen LogP contribution in [-0.4, -0.2) is 31.0 Å². The van der Waals surface area contributed by atoms with Crippen molar-refractivity contribution in [2.75, 3.05) is 25.5 Å². The molecule has 2 aromatic rings. The molecule has 0 radical (unpaired) electrons. The molecular weight excluding hydrogens is 340 g/mol. The molecule has 0 saturated carbocycles. The van der Waals surface area contributed by atoms with Crippen molar-refractivity contribution < 1.29 is 4.79 Å². The second kappa shape index (κ2) is 11.4. The molecule has 1 heterocycles. The second-order valence-corrected chi connectivity index (χ2v) is 6.91. The van der Waals surface area contributed by atoms with Gasteiger partial charge in [0.25, 0.3) is 5.91 Å². The Morgan fingerprint density at radius 3 is 2.37 bits per heavy atom. The van der Waals surface area contributed by atoms with Gasteiger partial charge in [0.15, 0.2) is 0 Å². The van der Waals surface area contributed by atoms with Crippen LogP contribution >= 0.6 is 0 Å². The van der Waals surface area contributed by atoms with Gasteiger partial charge in [0.05, 0.1) is 0 Å². The van der Waals surface area contributed by atoms with Crippen molar-refractivity contribution in [3.05, 3.63) is 40.2 Å². The summed E-state index contributed by atoms with van der Waals surface area (Å²) in [5.74, 6) is -0.375. The normalized spacial score (nSPS) is 10.9. The average Bonchev–Trinajstić information content (AvgIpc) is 2.69. The molecule has 2 rings (SSSR count). The zero-order chi connectivity index (χ0) is 19.5. The van der Waals surface area contributed by atoms with Crippen LogP contribution < -0.4 is 21.8 Å². The number of fused-ring (bicyclic) bond motifs is 1. The molecule has 0 aliphatic heterocycles. The van der Waals surface area contributed by atoms with Gasteiger partial charge in [-0.3, -0.25) is 9.59 Å². The van der Waals surface area contributed by atoms with Crippen molar-refractivity contribution in [1.29, 1.82) is 0 Å². The van der Waals surface area contributed by atoms with Gasteiger partial charge in [0.2, 0.25) is 5.43 Å². The molecule has 1 aromatic carbocycles. The number of nitrogens with one attached hydrogen (secondary N) is 3. The molecule has 27 heavy (non-hydrogen) atoms. The topological polar surface area (TPSA) is 100 Å². The maximum atomic E-state index is 12.5. The molecule has 0 atom stereocenters. The Labute approximate surface area is 160 Å². The molecule has 148 valence electrons. The highest BCUT2D eigenvalue weighted by atomic mass is 16.2. The van der Waals surface area contributed by atoms with Crippen LogP contribution in [0.3, 0.4) is 0 Å². The fraction of sp³-hybridized carbons (Fsp3) is 0.524. The number of hydrogen-bond acceptors (Lipinski definition) is 4. The van der Waals surface area contributed by atoms with Crippen molar-refractivity contribution in [1.82, 2.24) is 10.3 Å². The third-order valence-electron chi connectivity index (χ3n) is 4.81. The third-order valence-corrected chi connectivity index (χ3v) is 4.81. The number of carbonyl (C=O) groups excluding carboxylic acids is 1. The second-order valence-electron chi connectivity index (χ2n) is 6.91. The van der Waals surface area contributed by atoms with E-state index in [0.29, 0.717) is 5.39 Å². The Morgan fingerprint density at radius 1 is 1.04 bits per heavy atom. The number of amides is 1. The minimum Gasteiger partial charge on any atom is -0.385 e. The van der Waals surface area contributed by atoms with Gasteiger partial charge in [0.1, 0.15) is 5.56 Å². The number of benzene rings is 1. The van der Waals surface area contributed by atoms with Crippen molar-refractivity contribution in [3.63, 3.8) is 0 Å². The Morgan fingerprint density at radius 2 is 1.70 bits per heavy atom. The zero-order valence-corrected chi connectivity index (χ0v) is 16.3. The number of anilines is 1.